The molecule has 0 aliphatic rings. The molecule has 5 heteroatoms. The third-order valence-electron chi connectivity index (χ3n) is 3.06. The second kappa shape index (κ2) is 5.28. The van der Waals surface area contributed by atoms with E-state index in [0.29, 0.717) is 6.04 Å². The van der Waals surface area contributed by atoms with Crippen LogP contribution >= 0.6 is 11.8 Å². The Balaban J connectivity index is 2.10. The molecule has 0 radical (unpaired) electrons. The number of thioether (sulfide) groups is 1. The van der Waals surface area contributed by atoms with Crippen LogP contribution in [-0.4, -0.2) is 33.4 Å². The minimum atomic E-state index is 0.238. The summed E-state index contributed by atoms with van der Waals surface area (Å²) in [5, 5.41) is 12.7. The standard InChI is InChI=1S/C13H20N4S/c1-13(2,3)10(14-4)9-18-12-16-15-11-7-5-6-8-17(11)12/h5-8,10,14H,9H2,1-4H3. The van der Waals surface area contributed by atoms with Gasteiger partial charge < -0.3 is 5.32 Å². The highest BCUT2D eigenvalue weighted by atomic mass is 32.2. The van der Waals surface area contributed by atoms with Crippen molar-refractivity contribution >= 4 is 17.4 Å². The zero-order valence-electron chi connectivity index (χ0n) is 11.3. The van der Waals surface area contributed by atoms with E-state index in [9.17, 15) is 0 Å². The van der Waals surface area contributed by atoms with Crippen LogP contribution in [0.1, 0.15) is 20.8 Å². The largest absolute Gasteiger partial charge is 0.316 e. The maximum absolute atomic E-state index is 4.23. The molecule has 2 aromatic heterocycles. The Morgan fingerprint density at radius 1 is 1.33 bits per heavy atom. The molecule has 0 saturated carbocycles. The lowest BCUT2D eigenvalue weighted by Gasteiger charge is -2.29. The lowest BCUT2D eigenvalue weighted by molar-refractivity contribution is 0.305. The summed E-state index contributed by atoms with van der Waals surface area (Å²) in [6, 6.07) is 6.39. The molecule has 1 unspecified atom stereocenters. The van der Waals surface area contributed by atoms with E-state index in [1.165, 1.54) is 0 Å². The second-order valence-electron chi connectivity index (χ2n) is 5.43. The van der Waals surface area contributed by atoms with Gasteiger partial charge in [-0.1, -0.05) is 38.6 Å². The van der Waals surface area contributed by atoms with Crippen molar-refractivity contribution in [3.8, 4) is 0 Å². The highest BCUT2D eigenvalue weighted by Gasteiger charge is 2.23. The summed E-state index contributed by atoms with van der Waals surface area (Å²) in [4.78, 5) is 0. The average Bonchev–Trinajstić information content (AvgIpc) is 2.72. The van der Waals surface area contributed by atoms with Gasteiger partial charge in [0.2, 0.25) is 0 Å². The smallest absolute Gasteiger partial charge is 0.195 e. The van der Waals surface area contributed by atoms with Crippen LogP contribution in [0.15, 0.2) is 29.6 Å². The van der Waals surface area contributed by atoms with E-state index in [0.717, 1.165) is 16.6 Å². The fraction of sp³-hybridized carbons (Fsp3) is 0.538. The zero-order valence-corrected chi connectivity index (χ0v) is 12.2. The van der Waals surface area contributed by atoms with Crippen molar-refractivity contribution < 1.29 is 0 Å². The summed E-state index contributed by atoms with van der Waals surface area (Å²) >= 11 is 1.74. The molecular weight excluding hydrogens is 244 g/mol. The van der Waals surface area contributed by atoms with Gasteiger partial charge in [0.1, 0.15) is 0 Å². The summed E-state index contributed by atoms with van der Waals surface area (Å²) in [6.45, 7) is 6.74. The lowest BCUT2D eigenvalue weighted by Crippen LogP contribution is -2.40. The molecule has 2 heterocycles. The Morgan fingerprint density at radius 3 is 2.78 bits per heavy atom. The van der Waals surface area contributed by atoms with Crippen LogP contribution in [0, 0.1) is 5.41 Å². The van der Waals surface area contributed by atoms with Crippen LogP contribution in [0.4, 0.5) is 0 Å². The van der Waals surface area contributed by atoms with E-state index in [1.807, 2.05) is 35.8 Å². The molecule has 0 aromatic carbocycles. The van der Waals surface area contributed by atoms with E-state index in [1.54, 1.807) is 11.8 Å². The Labute approximate surface area is 112 Å². The van der Waals surface area contributed by atoms with Crippen LogP contribution < -0.4 is 5.32 Å². The lowest BCUT2D eigenvalue weighted by atomic mass is 9.88. The first-order valence-electron chi connectivity index (χ1n) is 6.12. The molecular formula is C13H20N4S. The molecule has 0 aliphatic carbocycles. The molecule has 2 rings (SSSR count). The molecule has 2 aromatic rings. The molecule has 1 atom stereocenters. The van der Waals surface area contributed by atoms with Crippen LogP contribution in [0.3, 0.4) is 0 Å². The predicted molar refractivity (Wildman–Crippen MR) is 76.0 cm³/mol. The first-order chi connectivity index (χ1) is 8.52. The molecule has 0 bridgehead atoms. The Kier molecular flexibility index (Phi) is 3.92. The topological polar surface area (TPSA) is 42.2 Å². The van der Waals surface area contributed by atoms with Gasteiger partial charge in [-0.05, 0) is 24.6 Å². The number of nitrogens with one attached hydrogen (secondary N) is 1. The van der Waals surface area contributed by atoms with Gasteiger partial charge in [0.05, 0.1) is 0 Å². The molecule has 0 amide bonds. The molecule has 98 valence electrons. The first-order valence-corrected chi connectivity index (χ1v) is 7.11. The van der Waals surface area contributed by atoms with Crippen LogP contribution in [0.25, 0.3) is 5.65 Å². The molecule has 0 fully saturated rings. The zero-order chi connectivity index (χ0) is 13.2. The van der Waals surface area contributed by atoms with Crippen LogP contribution in [0.2, 0.25) is 0 Å². The van der Waals surface area contributed by atoms with Crippen molar-refractivity contribution in [3.05, 3.63) is 24.4 Å². The van der Waals surface area contributed by atoms with Gasteiger partial charge >= 0.3 is 0 Å². The number of aromatic nitrogens is 3. The Bertz CT molecular complexity index is 515. The minimum Gasteiger partial charge on any atom is -0.316 e. The maximum atomic E-state index is 4.23. The van der Waals surface area contributed by atoms with Gasteiger partial charge in [-0.2, -0.15) is 0 Å². The van der Waals surface area contributed by atoms with Crippen LogP contribution in [-0.2, 0) is 0 Å². The molecule has 0 saturated heterocycles. The van der Waals surface area contributed by atoms with Crippen molar-refractivity contribution in [3.63, 3.8) is 0 Å². The highest BCUT2D eigenvalue weighted by Crippen LogP contribution is 2.25. The van der Waals surface area contributed by atoms with Gasteiger partial charge in [-0.25, -0.2) is 0 Å². The maximum Gasteiger partial charge on any atom is 0.195 e. The Morgan fingerprint density at radius 2 is 2.11 bits per heavy atom. The normalized spacial score (nSPS) is 14.0. The summed E-state index contributed by atoms with van der Waals surface area (Å²) in [5.41, 5.74) is 1.14. The van der Waals surface area contributed by atoms with E-state index in [2.05, 4.69) is 36.3 Å². The molecule has 1 N–H and O–H groups in total. The fourth-order valence-electron chi connectivity index (χ4n) is 1.84. The van der Waals surface area contributed by atoms with E-state index in [4.69, 9.17) is 0 Å². The van der Waals surface area contributed by atoms with Crippen molar-refractivity contribution in [2.75, 3.05) is 12.8 Å². The van der Waals surface area contributed by atoms with Crippen molar-refractivity contribution in [2.45, 2.75) is 32.0 Å². The number of fused-ring (bicyclic) bond motifs is 1. The molecule has 0 spiro atoms. The highest BCUT2D eigenvalue weighted by molar-refractivity contribution is 7.99. The van der Waals surface area contributed by atoms with Gasteiger partial charge in [-0.3, -0.25) is 4.40 Å². The Hall–Kier alpha value is -1.07. The van der Waals surface area contributed by atoms with Gasteiger partial charge in [0, 0.05) is 18.0 Å². The van der Waals surface area contributed by atoms with Crippen LogP contribution in [0.5, 0.6) is 0 Å². The number of hydrogen-bond donors (Lipinski definition) is 1. The monoisotopic (exact) mass is 264 g/mol. The van der Waals surface area contributed by atoms with E-state index >= 15 is 0 Å². The summed E-state index contributed by atoms with van der Waals surface area (Å²) in [7, 11) is 2.01. The van der Waals surface area contributed by atoms with Gasteiger partial charge in [-0.15, -0.1) is 10.2 Å². The van der Waals surface area contributed by atoms with Crippen molar-refractivity contribution in [2.24, 2.45) is 5.41 Å². The second-order valence-corrected chi connectivity index (χ2v) is 6.42. The van der Waals surface area contributed by atoms with Crippen molar-refractivity contribution in [1.82, 2.24) is 19.9 Å². The van der Waals surface area contributed by atoms with E-state index in [-0.39, 0.29) is 5.41 Å². The molecule has 4 nitrogen and oxygen atoms in total. The SMILES string of the molecule is CNC(CSc1nnc2ccccn12)C(C)(C)C. The first kappa shape index (κ1) is 13.4. The number of nitrogens with zero attached hydrogens (tertiary/aromatic N) is 3. The molecule has 0 aliphatic heterocycles. The predicted octanol–water partition coefficient (Wildman–Crippen LogP) is 2.46. The summed E-state index contributed by atoms with van der Waals surface area (Å²) in [5.74, 6) is 0.982. The van der Waals surface area contributed by atoms with Crippen molar-refractivity contribution in [1.29, 1.82) is 0 Å². The average molecular weight is 264 g/mol. The van der Waals surface area contributed by atoms with Gasteiger partial charge in [0.25, 0.3) is 0 Å². The number of pyridine rings is 1. The third kappa shape index (κ3) is 2.84. The number of hydrogen-bond acceptors (Lipinski definition) is 4. The summed E-state index contributed by atoms with van der Waals surface area (Å²) in [6.07, 6.45) is 2.00. The summed E-state index contributed by atoms with van der Waals surface area (Å²) < 4.78 is 2.03. The third-order valence-corrected chi connectivity index (χ3v) is 4.09. The minimum absolute atomic E-state index is 0.238. The quantitative estimate of drug-likeness (QED) is 0.861. The fourth-order valence-corrected chi connectivity index (χ4v) is 3.22. The molecule has 18 heavy (non-hydrogen) atoms. The van der Waals surface area contributed by atoms with E-state index < -0.39 is 0 Å². The number of rotatable bonds is 4. The van der Waals surface area contributed by atoms with Gasteiger partial charge in [0.15, 0.2) is 10.8 Å².